The number of anilines is 1. The first kappa shape index (κ1) is 22.5. The molecule has 1 N–H and O–H groups in total. The largest absolute Gasteiger partial charge is 0.348 e. The average molecular weight is 441 g/mol. The van der Waals surface area contributed by atoms with E-state index in [9.17, 15) is 17.6 Å². The molecule has 0 fully saturated rings. The lowest BCUT2D eigenvalue weighted by Gasteiger charge is -2.25. The minimum Gasteiger partial charge on any atom is -0.348 e. The number of hydrogen-bond acceptors (Lipinski definition) is 3. The summed E-state index contributed by atoms with van der Waals surface area (Å²) in [5, 5.41) is 2.87. The van der Waals surface area contributed by atoms with Gasteiger partial charge in [0, 0.05) is 0 Å². The molecule has 0 heterocycles. The second-order valence-electron chi connectivity index (χ2n) is 7.45. The van der Waals surface area contributed by atoms with Crippen molar-refractivity contribution in [1.29, 1.82) is 0 Å². The van der Waals surface area contributed by atoms with Gasteiger partial charge in [0.05, 0.1) is 16.6 Å². The monoisotopic (exact) mass is 440 g/mol. The summed E-state index contributed by atoms with van der Waals surface area (Å²) >= 11 is 0. The zero-order valence-corrected chi connectivity index (χ0v) is 18.5. The third-order valence-corrected chi connectivity index (χ3v) is 6.79. The quantitative estimate of drug-likeness (QED) is 0.588. The first-order valence-electron chi connectivity index (χ1n) is 9.88. The highest BCUT2D eigenvalue weighted by Crippen LogP contribution is 2.24. The number of halogens is 1. The smallest absolute Gasteiger partial charge is 0.264 e. The van der Waals surface area contributed by atoms with Gasteiger partial charge in [-0.15, -0.1) is 0 Å². The number of sulfonamides is 1. The van der Waals surface area contributed by atoms with E-state index < -0.39 is 28.3 Å². The summed E-state index contributed by atoms with van der Waals surface area (Å²) in [5.41, 5.74) is 3.33. The molecule has 0 aromatic heterocycles. The number of rotatable bonds is 7. The summed E-state index contributed by atoms with van der Waals surface area (Å²) in [7, 11) is -4.03. The third kappa shape index (κ3) is 5.30. The molecule has 0 saturated heterocycles. The Kier molecular flexibility index (Phi) is 6.75. The Labute approximate surface area is 182 Å². The first-order valence-corrected chi connectivity index (χ1v) is 11.3. The fourth-order valence-electron chi connectivity index (χ4n) is 3.45. The van der Waals surface area contributed by atoms with Gasteiger partial charge in [0.25, 0.3) is 10.0 Å². The number of nitrogens with zero attached hydrogens (tertiary/aromatic N) is 1. The standard InChI is InChI=1S/C24H25FN2O3S/c1-17-9-14-23(18(2)15-17)19(3)26-24(28)16-27(21-12-10-20(25)11-13-21)31(29,30)22-7-5-4-6-8-22/h4-15,19H,16H2,1-3H3,(H,26,28). The van der Waals surface area contributed by atoms with E-state index >= 15 is 0 Å². The van der Waals surface area contributed by atoms with E-state index in [1.165, 1.54) is 36.4 Å². The number of hydrogen-bond donors (Lipinski definition) is 1. The van der Waals surface area contributed by atoms with Gasteiger partial charge in [-0.2, -0.15) is 0 Å². The second kappa shape index (κ2) is 9.31. The fourth-order valence-corrected chi connectivity index (χ4v) is 4.89. The second-order valence-corrected chi connectivity index (χ2v) is 9.31. The van der Waals surface area contributed by atoms with Gasteiger partial charge < -0.3 is 5.32 Å². The lowest BCUT2D eigenvalue weighted by molar-refractivity contribution is -0.120. The zero-order chi connectivity index (χ0) is 22.6. The Morgan fingerprint density at radius 3 is 2.26 bits per heavy atom. The van der Waals surface area contributed by atoms with E-state index in [1.54, 1.807) is 18.2 Å². The lowest BCUT2D eigenvalue weighted by Crippen LogP contribution is -2.41. The summed E-state index contributed by atoms with van der Waals surface area (Å²) in [6, 6.07) is 18.5. The van der Waals surface area contributed by atoms with E-state index in [0.29, 0.717) is 0 Å². The van der Waals surface area contributed by atoms with Gasteiger partial charge >= 0.3 is 0 Å². The van der Waals surface area contributed by atoms with Gasteiger partial charge in [-0.05, 0) is 68.3 Å². The van der Waals surface area contributed by atoms with E-state index in [1.807, 2.05) is 39.0 Å². The molecule has 0 aliphatic carbocycles. The Morgan fingerprint density at radius 2 is 1.65 bits per heavy atom. The number of nitrogens with one attached hydrogen (secondary N) is 1. The molecule has 0 spiro atoms. The summed E-state index contributed by atoms with van der Waals surface area (Å²) in [6.07, 6.45) is 0. The Morgan fingerprint density at radius 1 is 1.00 bits per heavy atom. The maximum Gasteiger partial charge on any atom is 0.264 e. The summed E-state index contributed by atoms with van der Waals surface area (Å²) < 4.78 is 40.9. The van der Waals surface area contributed by atoms with Crippen LogP contribution in [0.2, 0.25) is 0 Å². The molecular weight excluding hydrogens is 415 g/mol. The molecule has 162 valence electrons. The molecule has 0 saturated carbocycles. The molecule has 7 heteroatoms. The number of aryl methyl sites for hydroxylation is 2. The topological polar surface area (TPSA) is 66.5 Å². The molecule has 1 amide bonds. The SMILES string of the molecule is Cc1ccc(C(C)NC(=O)CN(c2ccc(F)cc2)S(=O)(=O)c2ccccc2)c(C)c1. The average Bonchev–Trinajstić information content (AvgIpc) is 2.73. The normalized spacial score (nSPS) is 12.3. The Balaban J connectivity index is 1.88. The molecule has 3 aromatic carbocycles. The van der Waals surface area contributed by atoms with Crippen LogP contribution in [0.1, 0.15) is 29.7 Å². The van der Waals surface area contributed by atoms with Gasteiger partial charge in [0.1, 0.15) is 12.4 Å². The van der Waals surface area contributed by atoms with E-state index in [4.69, 9.17) is 0 Å². The molecule has 1 unspecified atom stereocenters. The maximum absolute atomic E-state index is 13.4. The van der Waals surface area contributed by atoms with Crippen molar-refractivity contribution in [2.75, 3.05) is 10.8 Å². The Hall–Kier alpha value is -3.19. The predicted molar refractivity (Wildman–Crippen MR) is 120 cm³/mol. The van der Waals surface area contributed by atoms with Crippen molar-refractivity contribution >= 4 is 21.6 Å². The van der Waals surface area contributed by atoms with Crippen LogP contribution < -0.4 is 9.62 Å². The van der Waals surface area contributed by atoms with E-state index in [0.717, 1.165) is 21.0 Å². The van der Waals surface area contributed by atoms with Crippen LogP contribution in [-0.4, -0.2) is 20.9 Å². The Bertz CT molecular complexity index is 1160. The molecule has 0 bridgehead atoms. The zero-order valence-electron chi connectivity index (χ0n) is 17.7. The van der Waals surface area contributed by atoms with Crippen LogP contribution in [0.15, 0.2) is 77.7 Å². The maximum atomic E-state index is 13.4. The number of carbonyl (C=O) groups excluding carboxylic acids is 1. The molecule has 1 atom stereocenters. The van der Waals surface area contributed by atoms with Crippen LogP contribution in [0.3, 0.4) is 0 Å². The van der Waals surface area contributed by atoms with Crippen molar-refractivity contribution in [3.63, 3.8) is 0 Å². The van der Waals surface area contributed by atoms with E-state index in [2.05, 4.69) is 5.32 Å². The molecule has 0 aliphatic heterocycles. The number of carbonyl (C=O) groups is 1. The van der Waals surface area contributed by atoms with Crippen molar-refractivity contribution in [2.24, 2.45) is 0 Å². The fraction of sp³-hybridized carbons (Fsp3) is 0.208. The van der Waals surface area contributed by atoms with Crippen LogP contribution >= 0.6 is 0 Å². The van der Waals surface area contributed by atoms with Gasteiger partial charge in [0.15, 0.2) is 0 Å². The van der Waals surface area contributed by atoms with Crippen LogP contribution in [0.25, 0.3) is 0 Å². The minimum absolute atomic E-state index is 0.0505. The summed E-state index contributed by atoms with van der Waals surface area (Å²) in [4.78, 5) is 12.9. The minimum atomic E-state index is -4.03. The van der Waals surface area contributed by atoms with Crippen LogP contribution in [-0.2, 0) is 14.8 Å². The molecule has 3 rings (SSSR count). The summed E-state index contributed by atoms with van der Waals surface area (Å²) in [6.45, 7) is 5.38. The molecule has 0 radical (unpaired) electrons. The van der Waals surface area contributed by atoms with Crippen molar-refractivity contribution < 1.29 is 17.6 Å². The van der Waals surface area contributed by atoms with Gasteiger partial charge in [-0.25, -0.2) is 12.8 Å². The molecule has 0 aliphatic rings. The molecule has 5 nitrogen and oxygen atoms in total. The summed E-state index contributed by atoms with van der Waals surface area (Å²) in [5.74, 6) is -0.954. The molecular formula is C24H25FN2O3S. The van der Waals surface area contributed by atoms with Crippen molar-refractivity contribution in [3.05, 3.63) is 95.3 Å². The van der Waals surface area contributed by atoms with E-state index in [-0.39, 0.29) is 16.6 Å². The first-order chi connectivity index (χ1) is 14.7. The third-order valence-electron chi connectivity index (χ3n) is 5.00. The van der Waals surface area contributed by atoms with Gasteiger partial charge in [-0.1, -0.05) is 42.0 Å². The molecule has 3 aromatic rings. The lowest BCUT2D eigenvalue weighted by atomic mass is 10.0. The predicted octanol–water partition coefficient (Wildman–Crippen LogP) is 4.52. The highest BCUT2D eigenvalue weighted by atomic mass is 32.2. The van der Waals surface area contributed by atoms with Gasteiger partial charge in [0.2, 0.25) is 5.91 Å². The van der Waals surface area contributed by atoms with Gasteiger partial charge in [-0.3, -0.25) is 9.10 Å². The molecule has 31 heavy (non-hydrogen) atoms. The van der Waals surface area contributed by atoms with Crippen molar-refractivity contribution in [3.8, 4) is 0 Å². The highest BCUT2D eigenvalue weighted by molar-refractivity contribution is 7.92. The van der Waals surface area contributed by atoms with Crippen molar-refractivity contribution in [2.45, 2.75) is 31.7 Å². The van der Waals surface area contributed by atoms with Crippen LogP contribution in [0.5, 0.6) is 0 Å². The van der Waals surface area contributed by atoms with Crippen molar-refractivity contribution in [1.82, 2.24) is 5.32 Å². The number of amides is 1. The van der Waals surface area contributed by atoms with Crippen LogP contribution in [0.4, 0.5) is 10.1 Å². The highest BCUT2D eigenvalue weighted by Gasteiger charge is 2.27. The number of benzene rings is 3. The van der Waals surface area contributed by atoms with Crippen LogP contribution in [0, 0.1) is 19.7 Å².